The number of carbonyl (C=O) groups excluding carboxylic acids is 1. The number of rotatable bonds is 9. The Kier molecular flexibility index (Phi) is 6.74. The summed E-state index contributed by atoms with van der Waals surface area (Å²) >= 11 is 11.9. The normalized spacial score (nSPS) is 10.6. The second kappa shape index (κ2) is 8.81. The maximum absolute atomic E-state index is 11.0. The van der Waals surface area contributed by atoms with Crippen molar-refractivity contribution >= 4 is 29.5 Å². The molecule has 6 heteroatoms. The van der Waals surface area contributed by atoms with Crippen molar-refractivity contribution in [1.29, 1.82) is 0 Å². The van der Waals surface area contributed by atoms with Crippen LogP contribution in [-0.4, -0.2) is 22.4 Å². The van der Waals surface area contributed by atoms with Crippen LogP contribution in [0.4, 0.5) is 0 Å². The number of aldehydes is 1. The summed E-state index contributed by atoms with van der Waals surface area (Å²) in [5.74, 6) is 0.416. The van der Waals surface area contributed by atoms with Gasteiger partial charge in [0.05, 0.1) is 23.5 Å². The van der Waals surface area contributed by atoms with Gasteiger partial charge >= 0.3 is 0 Å². The molecular weight excluding hydrogens is 323 g/mol. The highest BCUT2D eigenvalue weighted by Gasteiger charge is 2.10. The van der Waals surface area contributed by atoms with Crippen LogP contribution in [0.25, 0.3) is 0 Å². The summed E-state index contributed by atoms with van der Waals surface area (Å²) in [4.78, 5) is 15.0. The molecule has 2 aromatic rings. The van der Waals surface area contributed by atoms with Crippen molar-refractivity contribution < 1.29 is 9.53 Å². The van der Waals surface area contributed by atoms with Gasteiger partial charge in [0.25, 0.3) is 0 Å². The van der Waals surface area contributed by atoms with E-state index in [1.807, 2.05) is 12.5 Å². The van der Waals surface area contributed by atoms with Gasteiger partial charge in [-0.1, -0.05) is 36.0 Å². The van der Waals surface area contributed by atoms with E-state index in [0.29, 0.717) is 34.3 Å². The minimum atomic E-state index is 0.370. The highest BCUT2D eigenvalue weighted by molar-refractivity contribution is 6.36. The first kappa shape index (κ1) is 16.8. The molecule has 118 valence electrons. The monoisotopic (exact) mass is 340 g/mol. The lowest BCUT2D eigenvalue weighted by Gasteiger charge is -2.10. The van der Waals surface area contributed by atoms with Crippen molar-refractivity contribution in [3.05, 3.63) is 46.5 Å². The van der Waals surface area contributed by atoms with Crippen LogP contribution in [0.3, 0.4) is 0 Å². The number of hydrogen-bond donors (Lipinski definition) is 0. The zero-order valence-corrected chi connectivity index (χ0v) is 13.7. The molecule has 0 aliphatic carbocycles. The summed E-state index contributed by atoms with van der Waals surface area (Å²) in [6.45, 7) is 1.52. The number of ether oxygens (including phenoxy) is 1. The second-order valence-corrected chi connectivity index (χ2v) is 5.83. The molecule has 4 nitrogen and oxygen atoms in total. The molecule has 0 bridgehead atoms. The van der Waals surface area contributed by atoms with E-state index in [1.165, 1.54) is 0 Å². The first-order valence-electron chi connectivity index (χ1n) is 7.23. The van der Waals surface area contributed by atoms with Gasteiger partial charge in [0.15, 0.2) is 6.29 Å². The minimum absolute atomic E-state index is 0.370. The molecule has 2 rings (SSSR count). The molecule has 0 fully saturated rings. The molecule has 0 aliphatic rings. The molecule has 1 aromatic heterocycles. The largest absolute Gasteiger partial charge is 0.491 e. The van der Waals surface area contributed by atoms with Crippen LogP contribution < -0.4 is 4.74 Å². The molecule has 0 amide bonds. The van der Waals surface area contributed by atoms with Crippen LogP contribution in [-0.2, 0) is 6.54 Å². The predicted octanol–water partition coefficient (Wildman–Crippen LogP) is 4.64. The van der Waals surface area contributed by atoms with Crippen LogP contribution in [0.1, 0.15) is 36.0 Å². The van der Waals surface area contributed by atoms with Crippen LogP contribution in [0, 0.1) is 0 Å². The van der Waals surface area contributed by atoms with Crippen molar-refractivity contribution in [2.45, 2.75) is 32.2 Å². The van der Waals surface area contributed by atoms with Gasteiger partial charge in [-0.05, 0) is 25.0 Å². The quantitative estimate of drug-likeness (QED) is 0.493. The Balaban J connectivity index is 1.67. The molecule has 22 heavy (non-hydrogen) atoms. The van der Waals surface area contributed by atoms with Gasteiger partial charge in [-0.25, -0.2) is 4.98 Å². The van der Waals surface area contributed by atoms with Crippen molar-refractivity contribution in [3.63, 3.8) is 0 Å². The standard InChI is InChI=1S/C16H18Cl2N2O2/c17-14-9-13(11-21)16(15(18)10-14)22-8-4-2-1-3-6-20-7-5-19-12-20/h5,7,9-12H,1-4,6,8H2. The highest BCUT2D eigenvalue weighted by Crippen LogP contribution is 2.31. The Hall–Kier alpha value is -1.52. The van der Waals surface area contributed by atoms with Gasteiger partial charge in [-0.15, -0.1) is 0 Å². The van der Waals surface area contributed by atoms with E-state index in [-0.39, 0.29) is 0 Å². The number of imidazole rings is 1. The number of carbonyl (C=O) groups is 1. The van der Waals surface area contributed by atoms with E-state index >= 15 is 0 Å². The van der Waals surface area contributed by atoms with Gasteiger partial charge in [0.2, 0.25) is 0 Å². The van der Waals surface area contributed by atoms with Gasteiger partial charge in [-0.2, -0.15) is 0 Å². The maximum Gasteiger partial charge on any atom is 0.153 e. The van der Waals surface area contributed by atoms with Crippen LogP contribution in [0.5, 0.6) is 5.75 Å². The highest BCUT2D eigenvalue weighted by atomic mass is 35.5. The zero-order chi connectivity index (χ0) is 15.8. The number of halogens is 2. The fraction of sp³-hybridized carbons (Fsp3) is 0.375. The lowest BCUT2D eigenvalue weighted by Crippen LogP contribution is -2.01. The minimum Gasteiger partial charge on any atom is -0.491 e. The second-order valence-electron chi connectivity index (χ2n) is 4.99. The van der Waals surface area contributed by atoms with E-state index in [1.54, 1.807) is 18.3 Å². The Morgan fingerprint density at radius 3 is 2.73 bits per heavy atom. The first-order valence-corrected chi connectivity index (χ1v) is 7.99. The molecule has 0 radical (unpaired) electrons. The summed E-state index contributed by atoms with van der Waals surface area (Å²) in [5.41, 5.74) is 0.387. The van der Waals surface area contributed by atoms with Crippen LogP contribution >= 0.6 is 23.2 Å². The number of benzene rings is 1. The number of aryl methyl sites for hydroxylation is 1. The molecule has 0 aliphatic heterocycles. The van der Waals surface area contributed by atoms with Crippen molar-refractivity contribution in [2.75, 3.05) is 6.61 Å². The lowest BCUT2D eigenvalue weighted by molar-refractivity contribution is 0.111. The molecule has 0 unspecified atom stereocenters. The van der Waals surface area contributed by atoms with E-state index in [0.717, 1.165) is 32.2 Å². The van der Waals surface area contributed by atoms with Crippen molar-refractivity contribution in [2.24, 2.45) is 0 Å². The van der Waals surface area contributed by atoms with Gasteiger partial charge in [0.1, 0.15) is 5.75 Å². The Morgan fingerprint density at radius 1 is 1.18 bits per heavy atom. The number of unbranched alkanes of at least 4 members (excludes halogenated alkanes) is 3. The summed E-state index contributed by atoms with van der Waals surface area (Å²) in [5, 5.41) is 0.800. The molecule has 0 N–H and O–H groups in total. The summed E-state index contributed by atoms with van der Waals surface area (Å²) in [6.07, 6.45) is 10.5. The molecular formula is C16H18Cl2N2O2. The first-order chi connectivity index (χ1) is 10.7. The Labute approximate surface area is 140 Å². The molecule has 1 aromatic carbocycles. The summed E-state index contributed by atoms with van der Waals surface area (Å²) in [6, 6.07) is 3.14. The van der Waals surface area contributed by atoms with Crippen LogP contribution in [0.2, 0.25) is 10.0 Å². The van der Waals surface area contributed by atoms with E-state index in [4.69, 9.17) is 27.9 Å². The fourth-order valence-electron chi connectivity index (χ4n) is 2.16. The third-order valence-electron chi connectivity index (χ3n) is 3.28. The fourth-order valence-corrected chi connectivity index (χ4v) is 2.73. The van der Waals surface area contributed by atoms with Crippen LogP contribution in [0.15, 0.2) is 30.9 Å². The number of nitrogens with zero attached hydrogens (tertiary/aromatic N) is 2. The molecule has 0 saturated carbocycles. The number of hydrogen-bond acceptors (Lipinski definition) is 3. The van der Waals surface area contributed by atoms with Gasteiger partial charge in [-0.3, -0.25) is 4.79 Å². The molecule has 0 spiro atoms. The maximum atomic E-state index is 11.0. The third kappa shape index (κ3) is 5.04. The van der Waals surface area contributed by atoms with E-state index < -0.39 is 0 Å². The summed E-state index contributed by atoms with van der Waals surface area (Å²) in [7, 11) is 0. The molecule has 1 heterocycles. The topological polar surface area (TPSA) is 44.1 Å². The molecule has 0 saturated heterocycles. The Bertz CT molecular complexity index is 600. The SMILES string of the molecule is O=Cc1cc(Cl)cc(Cl)c1OCCCCCCn1ccnc1. The third-order valence-corrected chi connectivity index (χ3v) is 3.78. The average molecular weight is 341 g/mol. The van der Waals surface area contributed by atoms with E-state index in [2.05, 4.69) is 9.55 Å². The Morgan fingerprint density at radius 2 is 2.00 bits per heavy atom. The van der Waals surface area contributed by atoms with Gasteiger partial charge in [0, 0.05) is 24.0 Å². The van der Waals surface area contributed by atoms with Gasteiger partial charge < -0.3 is 9.30 Å². The lowest BCUT2D eigenvalue weighted by atomic mass is 10.2. The van der Waals surface area contributed by atoms with Crippen molar-refractivity contribution in [1.82, 2.24) is 9.55 Å². The summed E-state index contributed by atoms with van der Waals surface area (Å²) < 4.78 is 7.70. The smallest absolute Gasteiger partial charge is 0.153 e. The van der Waals surface area contributed by atoms with Crippen molar-refractivity contribution in [3.8, 4) is 5.75 Å². The number of aromatic nitrogens is 2. The average Bonchev–Trinajstić information content (AvgIpc) is 3.00. The molecule has 0 atom stereocenters. The van der Waals surface area contributed by atoms with E-state index in [9.17, 15) is 4.79 Å². The zero-order valence-electron chi connectivity index (χ0n) is 12.2. The predicted molar refractivity (Wildman–Crippen MR) is 88.0 cm³/mol.